The van der Waals surface area contributed by atoms with Gasteiger partial charge < -0.3 is 9.72 Å². The van der Waals surface area contributed by atoms with Crippen LogP contribution in [0, 0.1) is 5.82 Å². The van der Waals surface area contributed by atoms with E-state index in [1.807, 2.05) is 25.9 Å². The average Bonchev–Trinajstić information content (AvgIpc) is 3.42. The van der Waals surface area contributed by atoms with Crippen LogP contribution >= 0.6 is 11.6 Å². The Kier molecular flexibility index (Phi) is 4.56. The Morgan fingerprint density at radius 3 is 2.75 bits per heavy atom. The third kappa shape index (κ3) is 2.83. The lowest BCUT2D eigenvalue weighted by Gasteiger charge is -2.15. The van der Waals surface area contributed by atoms with Gasteiger partial charge in [-0.1, -0.05) is 11.6 Å². The number of rotatable bonds is 5. The highest BCUT2D eigenvalue weighted by Crippen LogP contribution is 2.42. The molecule has 4 rings (SSSR count). The van der Waals surface area contributed by atoms with Crippen LogP contribution in [0.3, 0.4) is 0 Å². The highest BCUT2D eigenvalue weighted by atomic mass is 35.5. The largest absolute Gasteiger partial charge is 0.495 e. The molecule has 0 spiro atoms. The molecule has 0 aliphatic heterocycles. The van der Waals surface area contributed by atoms with Crippen molar-refractivity contribution in [2.24, 2.45) is 0 Å². The minimum Gasteiger partial charge on any atom is -0.495 e. The van der Waals surface area contributed by atoms with Crippen LogP contribution in [0.4, 0.5) is 4.39 Å². The van der Waals surface area contributed by atoms with Gasteiger partial charge in [0.25, 0.3) is 0 Å². The second kappa shape index (κ2) is 6.92. The number of H-pyrrole nitrogens is 3. The van der Waals surface area contributed by atoms with E-state index in [-0.39, 0.29) is 22.3 Å². The molecule has 146 valence electrons. The zero-order valence-corrected chi connectivity index (χ0v) is 16.5. The van der Waals surface area contributed by atoms with Gasteiger partial charge in [0, 0.05) is 22.7 Å². The lowest BCUT2D eigenvalue weighted by atomic mass is 10.0. The zero-order valence-electron chi connectivity index (χ0n) is 15.8. The van der Waals surface area contributed by atoms with E-state index < -0.39 is 5.82 Å². The monoisotopic (exact) mass is 403 g/mol. The van der Waals surface area contributed by atoms with E-state index in [0.717, 1.165) is 11.1 Å². The summed E-state index contributed by atoms with van der Waals surface area (Å²) in [7, 11) is 5.34. The maximum Gasteiger partial charge on any atom is 0.173 e. The first-order valence-electron chi connectivity index (χ1n) is 8.58. The minimum atomic E-state index is -0.589. The summed E-state index contributed by atoms with van der Waals surface area (Å²) in [5.41, 5.74) is 2.33. The van der Waals surface area contributed by atoms with Gasteiger partial charge in [-0.25, -0.2) is 9.37 Å². The maximum absolute atomic E-state index is 14.9. The summed E-state index contributed by atoms with van der Waals surface area (Å²) in [6, 6.07) is 1.71. The number of fused-ring (bicyclic) bond motifs is 1. The molecule has 1 atom stereocenters. The summed E-state index contributed by atoms with van der Waals surface area (Å²) in [6.07, 6.45) is 3.38. The highest BCUT2D eigenvalue weighted by molar-refractivity contribution is 6.33. The Labute approximate surface area is 165 Å². The number of nitrogens with one attached hydrogen (secondary N) is 3. The van der Waals surface area contributed by atoms with Gasteiger partial charge in [0.2, 0.25) is 0 Å². The minimum absolute atomic E-state index is 0.0121. The van der Waals surface area contributed by atoms with Crippen molar-refractivity contribution in [3.05, 3.63) is 35.1 Å². The molecule has 0 fully saturated rings. The summed E-state index contributed by atoms with van der Waals surface area (Å²) in [6.45, 7) is 2.00. The van der Waals surface area contributed by atoms with Gasteiger partial charge in [0.05, 0.1) is 30.6 Å². The van der Waals surface area contributed by atoms with E-state index in [2.05, 4.69) is 30.4 Å². The SMILES string of the molecule is COc1cc2c(-c3cn[nH]c3)c(-c3nc([C@@H](C)N(C)C)n[nH]3)[nH]c2c(F)c1Cl. The predicted octanol–water partition coefficient (Wildman–Crippen LogP) is 3.77. The molecule has 28 heavy (non-hydrogen) atoms. The van der Waals surface area contributed by atoms with Gasteiger partial charge in [-0.2, -0.15) is 10.2 Å². The van der Waals surface area contributed by atoms with Gasteiger partial charge in [-0.15, -0.1) is 0 Å². The molecule has 3 N–H and O–H groups in total. The Bertz CT molecular complexity index is 1130. The van der Waals surface area contributed by atoms with E-state index in [9.17, 15) is 4.39 Å². The predicted molar refractivity (Wildman–Crippen MR) is 105 cm³/mol. The number of nitrogens with zero attached hydrogens (tertiary/aromatic N) is 4. The first kappa shape index (κ1) is 18.5. The van der Waals surface area contributed by atoms with Gasteiger partial charge in [-0.3, -0.25) is 15.1 Å². The van der Waals surface area contributed by atoms with Gasteiger partial charge in [-0.05, 0) is 27.1 Å². The van der Waals surface area contributed by atoms with Crippen molar-refractivity contribution in [2.75, 3.05) is 21.2 Å². The summed E-state index contributed by atoms with van der Waals surface area (Å²) in [5.74, 6) is 0.785. The topological polar surface area (TPSA) is 98.5 Å². The molecule has 8 nitrogen and oxygen atoms in total. The fourth-order valence-electron chi connectivity index (χ4n) is 3.06. The number of hydrogen-bond acceptors (Lipinski definition) is 5. The summed E-state index contributed by atoms with van der Waals surface area (Å²) < 4.78 is 20.1. The van der Waals surface area contributed by atoms with E-state index in [4.69, 9.17) is 16.3 Å². The fourth-order valence-corrected chi connectivity index (χ4v) is 3.29. The number of halogens is 2. The third-order valence-corrected chi connectivity index (χ3v) is 5.19. The molecule has 1 aromatic carbocycles. The number of ether oxygens (including phenoxy) is 1. The number of aromatic amines is 3. The van der Waals surface area contributed by atoms with Crippen LogP contribution in [0.2, 0.25) is 5.02 Å². The lowest BCUT2D eigenvalue weighted by Crippen LogP contribution is -2.17. The standard InChI is InChI=1S/C18H19ClFN7O/c1-8(27(2)3)17-24-18(26-25-17)16-12(9-6-21-22-7-9)10-5-11(28-4)13(19)14(20)15(10)23-16/h5-8,23H,1-4H3,(H,21,22)(H,24,25,26)/t8-/m1/s1. The van der Waals surface area contributed by atoms with Crippen LogP contribution in [0.1, 0.15) is 18.8 Å². The molecule has 0 radical (unpaired) electrons. The molecule has 0 aliphatic carbocycles. The first-order chi connectivity index (χ1) is 13.4. The summed E-state index contributed by atoms with van der Waals surface area (Å²) in [4.78, 5) is 9.71. The van der Waals surface area contributed by atoms with Crippen molar-refractivity contribution in [3.8, 4) is 28.4 Å². The van der Waals surface area contributed by atoms with Gasteiger partial charge >= 0.3 is 0 Å². The molecule has 3 aromatic heterocycles. The molecular weight excluding hydrogens is 385 g/mol. The van der Waals surface area contributed by atoms with Crippen molar-refractivity contribution >= 4 is 22.5 Å². The van der Waals surface area contributed by atoms with E-state index in [1.54, 1.807) is 18.5 Å². The number of benzene rings is 1. The van der Waals surface area contributed by atoms with E-state index in [0.29, 0.717) is 22.7 Å². The molecule has 0 saturated heterocycles. The van der Waals surface area contributed by atoms with E-state index >= 15 is 0 Å². The number of methoxy groups -OCH3 is 1. The number of aromatic nitrogens is 6. The molecule has 10 heteroatoms. The second-order valence-corrected chi connectivity index (χ2v) is 7.05. The Balaban J connectivity index is 1.98. The lowest BCUT2D eigenvalue weighted by molar-refractivity contribution is 0.309. The molecule has 0 saturated carbocycles. The molecule has 0 aliphatic rings. The quantitative estimate of drug-likeness (QED) is 0.471. The summed E-state index contributed by atoms with van der Waals surface area (Å²) >= 11 is 6.11. The van der Waals surface area contributed by atoms with E-state index in [1.165, 1.54) is 7.11 Å². The van der Waals surface area contributed by atoms with Crippen molar-refractivity contribution in [3.63, 3.8) is 0 Å². The zero-order chi connectivity index (χ0) is 20.0. The Morgan fingerprint density at radius 1 is 1.32 bits per heavy atom. The smallest absolute Gasteiger partial charge is 0.173 e. The second-order valence-electron chi connectivity index (χ2n) is 6.67. The Hall–Kier alpha value is -2.91. The Morgan fingerprint density at radius 2 is 2.11 bits per heavy atom. The normalized spacial score (nSPS) is 12.8. The summed E-state index contributed by atoms with van der Waals surface area (Å²) in [5, 5.41) is 14.6. The van der Waals surface area contributed by atoms with Crippen LogP contribution in [-0.4, -0.2) is 56.5 Å². The van der Waals surface area contributed by atoms with Crippen molar-refractivity contribution < 1.29 is 9.13 Å². The molecule has 0 unspecified atom stereocenters. The van der Waals surface area contributed by atoms with Crippen LogP contribution in [0.15, 0.2) is 18.5 Å². The molecular formula is C18H19ClFN7O. The van der Waals surface area contributed by atoms with Crippen LogP contribution in [0.5, 0.6) is 5.75 Å². The van der Waals surface area contributed by atoms with Crippen molar-refractivity contribution in [2.45, 2.75) is 13.0 Å². The van der Waals surface area contributed by atoms with Crippen molar-refractivity contribution in [1.29, 1.82) is 0 Å². The number of hydrogen-bond donors (Lipinski definition) is 3. The van der Waals surface area contributed by atoms with Gasteiger partial charge in [0.15, 0.2) is 17.5 Å². The van der Waals surface area contributed by atoms with Crippen LogP contribution in [-0.2, 0) is 0 Å². The molecule has 0 bridgehead atoms. The maximum atomic E-state index is 14.9. The van der Waals surface area contributed by atoms with Gasteiger partial charge in [0.1, 0.15) is 10.8 Å². The van der Waals surface area contributed by atoms with Crippen LogP contribution in [0.25, 0.3) is 33.5 Å². The fraction of sp³-hybridized carbons (Fsp3) is 0.278. The molecule has 3 heterocycles. The van der Waals surface area contributed by atoms with Crippen LogP contribution < -0.4 is 4.74 Å². The first-order valence-corrected chi connectivity index (χ1v) is 8.96. The molecule has 4 aromatic rings. The molecule has 0 amide bonds. The van der Waals surface area contributed by atoms with Crippen molar-refractivity contribution in [1.82, 2.24) is 35.3 Å². The highest BCUT2D eigenvalue weighted by Gasteiger charge is 2.24. The average molecular weight is 404 g/mol. The third-order valence-electron chi connectivity index (χ3n) is 4.84.